The maximum atomic E-state index is 11.8. The third-order valence-electron chi connectivity index (χ3n) is 3.99. The summed E-state index contributed by atoms with van der Waals surface area (Å²) in [7, 11) is 0. The van der Waals surface area contributed by atoms with Crippen LogP contribution in [0.25, 0.3) is 5.70 Å². The SMILES string of the molecule is CC(C)C(C)NC(=O)CCCCCN(N)/C=C(\N)c1cnc(S)nc1. The molecule has 0 bridgehead atoms. The first-order chi connectivity index (χ1) is 11.8. The molecule has 140 valence electrons. The first kappa shape index (κ1) is 21.2. The fraction of sp³-hybridized carbons (Fsp3) is 0.588. The molecule has 0 aromatic carbocycles. The van der Waals surface area contributed by atoms with Crippen LogP contribution in [0.2, 0.25) is 0 Å². The van der Waals surface area contributed by atoms with Gasteiger partial charge in [-0.25, -0.2) is 15.8 Å². The summed E-state index contributed by atoms with van der Waals surface area (Å²) in [6.07, 6.45) is 8.08. The Kier molecular flexibility index (Phi) is 9.30. The van der Waals surface area contributed by atoms with Crippen LogP contribution in [0.15, 0.2) is 23.8 Å². The molecule has 1 rings (SSSR count). The van der Waals surface area contributed by atoms with E-state index in [4.69, 9.17) is 11.6 Å². The summed E-state index contributed by atoms with van der Waals surface area (Å²) in [6.45, 7) is 6.88. The van der Waals surface area contributed by atoms with Gasteiger partial charge in [0.25, 0.3) is 0 Å². The summed E-state index contributed by atoms with van der Waals surface area (Å²) in [4.78, 5) is 19.7. The van der Waals surface area contributed by atoms with Crippen molar-refractivity contribution < 1.29 is 4.79 Å². The van der Waals surface area contributed by atoms with Crippen LogP contribution < -0.4 is 16.9 Å². The van der Waals surface area contributed by atoms with Crippen molar-refractivity contribution in [3.8, 4) is 0 Å². The third-order valence-corrected chi connectivity index (χ3v) is 4.22. The highest BCUT2D eigenvalue weighted by Crippen LogP contribution is 2.08. The van der Waals surface area contributed by atoms with Crippen LogP contribution in [0.3, 0.4) is 0 Å². The molecular formula is C17H30N6OS. The molecule has 1 heterocycles. The Morgan fingerprint density at radius 1 is 1.28 bits per heavy atom. The summed E-state index contributed by atoms with van der Waals surface area (Å²) in [5.74, 6) is 6.48. The quantitative estimate of drug-likeness (QED) is 0.166. The molecule has 0 fully saturated rings. The molecule has 0 aliphatic rings. The molecule has 1 aromatic heterocycles. The van der Waals surface area contributed by atoms with Gasteiger partial charge in [0.05, 0.1) is 5.70 Å². The number of aromatic nitrogens is 2. The minimum absolute atomic E-state index is 0.114. The molecule has 7 nitrogen and oxygen atoms in total. The minimum atomic E-state index is 0.114. The zero-order valence-electron chi connectivity index (χ0n) is 15.3. The molecule has 25 heavy (non-hydrogen) atoms. The maximum Gasteiger partial charge on any atom is 0.220 e. The molecule has 1 amide bonds. The smallest absolute Gasteiger partial charge is 0.220 e. The average molecular weight is 367 g/mol. The van der Waals surface area contributed by atoms with Crippen LogP contribution in [-0.4, -0.2) is 33.5 Å². The van der Waals surface area contributed by atoms with Crippen LogP contribution >= 0.6 is 12.6 Å². The third kappa shape index (κ3) is 8.74. The highest BCUT2D eigenvalue weighted by atomic mass is 32.1. The van der Waals surface area contributed by atoms with E-state index in [1.807, 2.05) is 6.92 Å². The van der Waals surface area contributed by atoms with Crippen molar-refractivity contribution in [2.45, 2.75) is 57.7 Å². The van der Waals surface area contributed by atoms with Crippen LogP contribution in [0.4, 0.5) is 0 Å². The van der Waals surface area contributed by atoms with E-state index in [2.05, 4.69) is 41.8 Å². The predicted molar refractivity (Wildman–Crippen MR) is 103 cm³/mol. The summed E-state index contributed by atoms with van der Waals surface area (Å²) < 4.78 is 0. The number of amides is 1. The van der Waals surface area contributed by atoms with Crippen molar-refractivity contribution >= 4 is 24.2 Å². The molecule has 0 saturated heterocycles. The Labute approximate surface area is 155 Å². The van der Waals surface area contributed by atoms with Crippen LogP contribution in [0, 0.1) is 5.92 Å². The number of hydrogen-bond donors (Lipinski definition) is 4. The van der Waals surface area contributed by atoms with Gasteiger partial charge in [-0.15, -0.1) is 12.6 Å². The number of hydrogen-bond acceptors (Lipinski definition) is 7. The molecule has 0 spiro atoms. The normalized spacial score (nSPS) is 13.0. The minimum Gasteiger partial charge on any atom is -0.397 e. The summed E-state index contributed by atoms with van der Waals surface area (Å²) in [5.41, 5.74) is 7.16. The molecule has 1 unspecified atom stereocenters. The molecule has 0 radical (unpaired) electrons. The van der Waals surface area contributed by atoms with Crippen LogP contribution in [0.1, 0.15) is 52.0 Å². The van der Waals surface area contributed by atoms with Gasteiger partial charge in [0.15, 0.2) is 5.16 Å². The van der Waals surface area contributed by atoms with Crippen molar-refractivity contribution in [2.24, 2.45) is 17.5 Å². The largest absolute Gasteiger partial charge is 0.397 e. The van der Waals surface area contributed by atoms with Gasteiger partial charge >= 0.3 is 0 Å². The summed E-state index contributed by atoms with van der Waals surface area (Å²) in [6, 6.07) is 0.209. The summed E-state index contributed by atoms with van der Waals surface area (Å²) >= 11 is 4.03. The van der Waals surface area contributed by atoms with E-state index in [-0.39, 0.29) is 11.9 Å². The van der Waals surface area contributed by atoms with Gasteiger partial charge in [0, 0.05) is 43.2 Å². The van der Waals surface area contributed by atoms with Gasteiger partial charge in [0.2, 0.25) is 5.91 Å². The van der Waals surface area contributed by atoms with Crippen molar-refractivity contribution in [1.82, 2.24) is 20.3 Å². The van der Waals surface area contributed by atoms with E-state index in [0.717, 1.165) is 19.3 Å². The first-order valence-electron chi connectivity index (χ1n) is 8.59. The lowest BCUT2D eigenvalue weighted by Gasteiger charge is -2.17. The van der Waals surface area contributed by atoms with E-state index in [0.29, 0.717) is 35.3 Å². The Morgan fingerprint density at radius 2 is 1.92 bits per heavy atom. The first-order valence-corrected chi connectivity index (χ1v) is 9.03. The van der Waals surface area contributed by atoms with E-state index in [9.17, 15) is 4.79 Å². The zero-order chi connectivity index (χ0) is 18.8. The number of carbonyl (C=O) groups is 1. The van der Waals surface area contributed by atoms with Gasteiger partial charge in [-0.1, -0.05) is 20.3 Å². The van der Waals surface area contributed by atoms with E-state index in [1.54, 1.807) is 23.6 Å². The second kappa shape index (κ2) is 10.9. The second-order valence-corrected chi connectivity index (χ2v) is 6.90. The molecule has 8 heteroatoms. The van der Waals surface area contributed by atoms with Crippen molar-refractivity contribution in [3.63, 3.8) is 0 Å². The van der Waals surface area contributed by atoms with E-state index in [1.165, 1.54) is 0 Å². The van der Waals surface area contributed by atoms with E-state index >= 15 is 0 Å². The Bertz CT molecular complexity index is 561. The van der Waals surface area contributed by atoms with Crippen molar-refractivity contribution in [1.29, 1.82) is 0 Å². The molecule has 0 aliphatic carbocycles. The molecule has 0 aliphatic heterocycles. The lowest BCUT2D eigenvalue weighted by molar-refractivity contribution is -0.122. The fourth-order valence-electron chi connectivity index (χ4n) is 2.04. The molecule has 0 saturated carbocycles. The van der Waals surface area contributed by atoms with Crippen molar-refractivity contribution in [2.75, 3.05) is 6.54 Å². The number of hydrazine groups is 1. The lowest BCUT2D eigenvalue weighted by Crippen LogP contribution is -2.35. The van der Waals surface area contributed by atoms with Gasteiger partial charge in [0.1, 0.15) is 0 Å². The highest BCUT2D eigenvalue weighted by molar-refractivity contribution is 7.80. The average Bonchev–Trinajstić information content (AvgIpc) is 2.54. The molecule has 5 N–H and O–H groups in total. The van der Waals surface area contributed by atoms with E-state index < -0.39 is 0 Å². The molecule has 1 atom stereocenters. The number of unbranched alkanes of at least 4 members (excludes halogenated alkanes) is 2. The molecular weight excluding hydrogens is 336 g/mol. The number of thiol groups is 1. The Balaban J connectivity index is 2.24. The summed E-state index contributed by atoms with van der Waals surface area (Å²) in [5, 5.41) is 4.95. The standard InChI is InChI=1S/C17H30N6OS/c1-12(2)13(3)22-16(24)7-5-4-6-8-23(19)11-15(18)14-9-20-17(25)21-10-14/h9-13H,4-8,18-19H2,1-3H3,(H,22,24)(H,20,21,25)/b15-11-. The van der Waals surface area contributed by atoms with Crippen molar-refractivity contribution in [3.05, 3.63) is 24.2 Å². The zero-order valence-corrected chi connectivity index (χ0v) is 16.2. The lowest BCUT2D eigenvalue weighted by atomic mass is 10.1. The maximum absolute atomic E-state index is 11.8. The molecule has 1 aromatic rings. The van der Waals surface area contributed by atoms with Gasteiger partial charge in [-0.3, -0.25) is 4.79 Å². The monoisotopic (exact) mass is 366 g/mol. The Morgan fingerprint density at radius 3 is 2.52 bits per heavy atom. The second-order valence-electron chi connectivity index (χ2n) is 6.50. The topological polar surface area (TPSA) is 110 Å². The van der Waals surface area contributed by atoms with Crippen LogP contribution in [0.5, 0.6) is 0 Å². The number of nitrogens with one attached hydrogen (secondary N) is 1. The number of rotatable bonds is 10. The van der Waals surface area contributed by atoms with Gasteiger partial charge in [-0.05, 0) is 25.7 Å². The van der Waals surface area contributed by atoms with Gasteiger partial charge < -0.3 is 16.1 Å². The number of carbonyl (C=O) groups excluding carboxylic acids is 1. The number of nitrogens with two attached hydrogens (primary N) is 2. The predicted octanol–water partition coefficient (Wildman–Crippen LogP) is 1.92. The van der Waals surface area contributed by atoms with Crippen LogP contribution in [-0.2, 0) is 4.79 Å². The Hall–Kier alpha value is -1.80. The number of nitrogens with zero attached hydrogens (tertiary/aromatic N) is 3. The fourth-order valence-corrected chi connectivity index (χ4v) is 2.15. The highest BCUT2D eigenvalue weighted by Gasteiger charge is 2.10. The van der Waals surface area contributed by atoms with Gasteiger partial charge in [-0.2, -0.15) is 0 Å².